The molecule has 276 valence electrons. The van der Waals surface area contributed by atoms with E-state index in [0.717, 1.165) is 0 Å². The summed E-state index contributed by atoms with van der Waals surface area (Å²) in [5.74, 6) is 0.251. The van der Waals surface area contributed by atoms with E-state index < -0.39 is 0 Å². The second-order valence-corrected chi connectivity index (χ2v) is 24.9. The third-order valence-electron chi connectivity index (χ3n) is 24.6. The summed E-state index contributed by atoms with van der Waals surface area (Å²) in [6, 6.07) is 10.3. The Morgan fingerprint density at radius 2 is 0.373 bits per heavy atom. The van der Waals surface area contributed by atoms with E-state index in [1.54, 1.807) is 319 Å². The van der Waals surface area contributed by atoms with Crippen molar-refractivity contribution in [2.24, 2.45) is 0 Å². The molecule has 29 aromatic rings. The molecule has 0 spiro atoms. The lowest BCUT2D eigenvalue weighted by molar-refractivity contribution is 0.567. The summed E-state index contributed by atoms with van der Waals surface area (Å²) >= 11 is 0. The molecule has 0 bridgehead atoms. The molecule has 0 saturated heterocycles. The van der Waals surface area contributed by atoms with Gasteiger partial charge in [-0.05, 0) is 326 Å². The summed E-state index contributed by atoms with van der Waals surface area (Å²) in [7, 11) is 0. The van der Waals surface area contributed by atoms with Gasteiger partial charge in [0.05, 0.1) is 5.41 Å². The molecule has 0 unspecified atom stereocenters. The van der Waals surface area contributed by atoms with Crippen LogP contribution in [0.2, 0.25) is 0 Å². The van der Waals surface area contributed by atoms with E-state index in [0.29, 0.717) is 0 Å². The standard InChI is InChI=1S/C67H8/c1-6-2-4-7(5-3-6)67-64-60-54-40-32-24-12-9-8-10-13(12)25-27-23-17(10)19-15-11(8)14-18-16(9)22-26(24)38(40)46-44-30(22)28(18)36-34-20(14)21(15)35-37-29(19)31(23)45-47-39(27)41(33(25)32)55(54)61(64)57(47)59-51(45)49(37)53-43(35)42(34)52-48(36)50(44)58(56(46)60)65(67)62(52)63(53)66(59)67/h2-5,64H,1H3. The van der Waals surface area contributed by atoms with Crippen LogP contribution in [0.4, 0.5) is 0 Å². The van der Waals surface area contributed by atoms with E-state index in [2.05, 4.69) is 31.2 Å². The normalized spacial score (nSPS) is 21.1. The Hall–Kier alpha value is -8.32. The zero-order valence-corrected chi connectivity index (χ0v) is 34.4. The molecular weight excluding hydrogens is 805 g/mol. The quantitative estimate of drug-likeness (QED) is 0.145. The number of aryl methyl sites for hydroxylation is 1. The van der Waals surface area contributed by atoms with Crippen molar-refractivity contribution in [3.8, 4) is 0 Å². The average Bonchev–Trinajstić information content (AvgIpc) is 4.19. The van der Waals surface area contributed by atoms with Gasteiger partial charge in [0.15, 0.2) is 0 Å². The van der Waals surface area contributed by atoms with Gasteiger partial charge < -0.3 is 0 Å². The van der Waals surface area contributed by atoms with Gasteiger partial charge in [0.25, 0.3) is 0 Å². The number of benzene rings is 19. The first-order chi connectivity index (χ1) is 33.4. The summed E-state index contributed by atoms with van der Waals surface area (Å²) in [6.45, 7) is 2.32. The highest BCUT2D eigenvalue weighted by atomic mass is 14.6. The van der Waals surface area contributed by atoms with Crippen molar-refractivity contribution in [3.63, 3.8) is 0 Å². The van der Waals surface area contributed by atoms with Crippen LogP contribution in [0.15, 0.2) is 24.3 Å². The molecule has 0 heteroatoms. The second kappa shape index (κ2) is 5.43. The Morgan fingerprint density at radius 1 is 0.209 bits per heavy atom. The van der Waals surface area contributed by atoms with Crippen LogP contribution in [-0.2, 0) is 5.41 Å². The maximum Gasteiger partial charge on any atom is 0.0586 e. The van der Waals surface area contributed by atoms with E-state index in [4.69, 9.17) is 0 Å². The van der Waals surface area contributed by atoms with Crippen LogP contribution >= 0.6 is 0 Å². The molecule has 0 saturated carbocycles. The minimum absolute atomic E-state index is 0.251. The fraction of sp³-hybridized carbons (Fsp3) is 0.0448. The topological polar surface area (TPSA) is 0 Å². The SMILES string of the molecule is Cc1ccc(C23c4c5c6c7c8c9c(c%10c%11c2c2c4c4c%12c5c5c6c6c8c8c%13c9c9c%10c%10c%11c%11c2c2c4c4c%12c%12c5c5c6c8c6c8c%13c9c9c%10c%10c%11c2c2c4c4c%12c5c6c5c8c9c%10c2c45)C73)cc1. The van der Waals surface area contributed by atoms with Crippen molar-refractivity contribution in [3.05, 3.63) is 57.6 Å². The highest BCUT2D eigenvalue weighted by Crippen LogP contribution is 2.84. The van der Waals surface area contributed by atoms with Crippen molar-refractivity contribution < 1.29 is 0 Å². The van der Waals surface area contributed by atoms with Gasteiger partial charge in [-0.15, -0.1) is 0 Å². The Morgan fingerprint density at radius 3 is 0.597 bits per heavy atom. The summed E-state index contributed by atoms with van der Waals surface area (Å²) in [6.07, 6.45) is 0. The predicted octanol–water partition coefficient (Wildman–Crippen LogP) is 18.5. The maximum absolute atomic E-state index is 2.64. The zero-order chi connectivity index (χ0) is 39.5. The molecule has 29 aromatic carbocycles. The minimum Gasteiger partial charge on any atom is -0.0590 e. The van der Waals surface area contributed by atoms with Gasteiger partial charge in [-0.25, -0.2) is 0 Å². The molecule has 0 fully saturated rings. The Labute approximate surface area is 364 Å². The molecule has 4 aliphatic carbocycles. The average molecular weight is 813 g/mol. The molecule has 0 radical (unpaired) electrons. The number of hydrogen-bond donors (Lipinski definition) is 0. The van der Waals surface area contributed by atoms with Crippen LogP contribution < -0.4 is 0 Å². The van der Waals surface area contributed by atoms with Gasteiger partial charge in [-0.1, -0.05) is 29.8 Å². The lowest BCUT2D eigenvalue weighted by Gasteiger charge is -2.46. The van der Waals surface area contributed by atoms with E-state index in [-0.39, 0.29) is 11.3 Å². The fourth-order valence-electron chi connectivity index (χ4n) is 24.5. The minimum atomic E-state index is -0.306. The van der Waals surface area contributed by atoms with Crippen molar-refractivity contribution >= 4 is 291 Å². The van der Waals surface area contributed by atoms with E-state index >= 15 is 0 Å². The monoisotopic (exact) mass is 812 g/mol. The summed E-state index contributed by atoms with van der Waals surface area (Å²) in [5.41, 5.74) is 9.57. The molecule has 0 amide bonds. The third kappa shape index (κ3) is 1.28. The van der Waals surface area contributed by atoms with Crippen LogP contribution in [0.25, 0.3) is 291 Å². The summed E-state index contributed by atoms with van der Waals surface area (Å²) in [4.78, 5) is 0. The van der Waals surface area contributed by atoms with Crippen molar-refractivity contribution in [1.82, 2.24) is 0 Å². The van der Waals surface area contributed by atoms with Crippen molar-refractivity contribution in [1.29, 1.82) is 0 Å². The van der Waals surface area contributed by atoms with Crippen LogP contribution in [0.1, 0.15) is 39.3 Å². The van der Waals surface area contributed by atoms with Crippen LogP contribution in [0.3, 0.4) is 0 Å². The van der Waals surface area contributed by atoms with Gasteiger partial charge in [0.2, 0.25) is 0 Å². The molecule has 0 nitrogen and oxygen atoms in total. The van der Waals surface area contributed by atoms with Gasteiger partial charge in [0.1, 0.15) is 0 Å². The first-order valence-electron chi connectivity index (χ1n) is 25.2. The van der Waals surface area contributed by atoms with E-state index in [1.165, 1.54) is 5.56 Å². The van der Waals surface area contributed by atoms with Crippen molar-refractivity contribution in [2.75, 3.05) is 0 Å². The van der Waals surface area contributed by atoms with E-state index in [1.807, 2.05) is 0 Å². The van der Waals surface area contributed by atoms with Gasteiger partial charge >= 0.3 is 0 Å². The Bertz CT molecular complexity index is 7020. The Balaban J connectivity index is 1.24. The van der Waals surface area contributed by atoms with E-state index in [9.17, 15) is 0 Å². The molecule has 0 heterocycles. The number of hydrogen-bond acceptors (Lipinski definition) is 0. The first-order valence-corrected chi connectivity index (χ1v) is 25.2. The second-order valence-electron chi connectivity index (χ2n) is 24.9. The molecule has 0 aliphatic heterocycles. The smallest absolute Gasteiger partial charge is 0.0586 e. The Kier molecular flexibility index (Phi) is 1.97. The summed E-state index contributed by atoms with van der Waals surface area (Å²) in [5, 5.41) is 90.2. The fourth-order valence-corrected chi connectivity index (χ4v) is 24.5. The van der Waals surface area contributed by atoms with Gasteiger partial charge in [-0.3, -0.25) is 0 Å². The van der Waals surface area contributed by atoms with Gasteiger partial charge in [-0.2, -0.15) is 0 Å². The zero-order valence-electron chi connectivity index (χ0n) is 34.4. The highest BCUT2D eigenvalue weighted by Gasteiger charge is 2.63. The van der Waals surface area contributed by atoms with Crippen LogP contribution in [0, 0.1) is 6.92 Å². The molecular formula is C67H8. The van der Waals surface area contributed by atoms with Crippen LogP contribution in [0.5, 0.6) is 0 Å². The molecule has 0 N–H and O–H groups in total. The molecule has 33 rings (SSSR count). The largest absolute Gasteiger partial charge is 0.0590 e. The van der Waals surface area contributed by atoms with Crippen molar-refractivity contribution in [2.45, 2.75) is 18.3 Å². The van der Waals surface area contributed by atoms with Crippen LogP contribution in [-0.4, -0.2) is 0 Å². The first kappa shape index (κ1) is 24.3. The molecule has 4 aliphatic rings. The molecule has 67 heavy (non-hydrogen) atoms. The third-order valence-corrected chi connectivity index (χ3v) is 24.6. The predicted molar refractivity (Wildman–Crippen MR) is 285 cm³/mol. The number of rotatable bonds is 1. The highest BCUT2D eigenvalue weighted by molar-refractivity contribution is 6.82. The lowest BCUT2D eigenvalue weighted by atomic mass is 9.55. The summed E-state index contributed by atoms with van der Waals surface area (Å²) < 4.78 is 0. The maximum atomic E-state index is 2.64. The molecule has 0 atom stereocenters. The lowest BCUT2D eigenvalue weighted by Crippen LogP contribution is -2.38. The van der Waals surface area contributed by atoms with Gasteiger partial charge in [0, 0.05) is 5.92 Å². The molecule has 0 aromatic heterocycles.